The van der Waals surface area contributed by atoms with Crippen molar-refractivity contribution in [2.45, 2.75) is 19.4 Å². The van der Waals surface area contributed by atoms with Crippen LogP contribution in [-0.4, -0.2) is 77.6 Å². The van der Waals surface area contributed by atoms with E-state index in [1.54, 1.807) is 0 Å². The van der Waals surface area contributed by atoms with Crippen LogP contribution in [0.25, 0.3) is 0 Å². The average Bonchev–Trinajstić information content (AvgIpc) is 2.80. The molecule has 8 nitrogen and oxygen atoms in total. The molecular formula is C25H32N2O6. The van der Waals surface area contributed by atoms with E-state index >= 15 is 0 Å². The molecule has 0 radical (unpaired) electrons. The normalized spacial score (nSPS) is 14.5. The van der Waals surface area contributed by atoms with Crippen molar-refractivity contribution in [2.24, 2.45) is 0 Å². The zero-order valence-corrected chi connectivity index (χ0v) is 18.9. The van der Waals surface area contributed by atoms with E-state index in [1.807, 2.05) is 30.3 Å². The number of aliphatic carboxylic acids is 2. The lowest BCUT2D eigenvalue weighted by Gasteiger charge is -2.37. The molecule has 0 amide bonds. The standard InChI is InChI=1S/C23H30N2O2.C2H2O4/c1-3-6-20-7-4-5-8-23(20)27-18-22(26)17-24-13-15-25(16-14-24)21-11-9-19(2)10-12-21;3-1(4)2(5)6/h3-5,7-12,22,26H,1,6,13-18H2,2H3;(H,3,4)(H,5,6). The summed E-state index contributed by atoms with van der Waals surface area (Å²) in [5, 5.41) is 25.2. The van der Waals surface area contributed by atoms with Gasteiger partial charge in [0.25, 0.3) is 0 Å². The van der Waals surface area contributed by atoms with Crippen molar-refractivity contribution >= 4 is 17.6 Å². The second kappa shape index (κ2) is 13.2. The van der Waals surface area contributed by atoms with Crippen molar-refractivity contribution in [2.75, 3.05) is 44.2 Å². The van der Waals surface area contributed by atoms with Crippen molar-refractivity contribution in [3.63, 3.8) is 0 Å². The van der Waals surface area contributed by atoms with Gasteiger partial charge in [0.2, 0.25) is 0 Å². The first-order valence-electron chi connectivity index (χ1n) is 10.8. The van der Waals surface area contributed by atoms with E-state index in [4.69, 9.17) is 24.5 Å². The van der Waals surface area contributed by atoms with Gasteiger partial charge in [0.15, 0.2) is 0 Å². The molecule has 0 aliphatic carbocycles. The van der Waals surface area contributed by atoms with Crippen LogP contribution in [0.15, 0.2) is 61.2 Å². The fraction of sp³-hybridized carbons (Fsp3) is 0.360. The summed E-state index contributed by atoms with van der Waals surface area (Å²) in [7, 11) is 0. The van der Waals surface area contributed by atoms with E-state index in [9.17, 15) is 5.11 Å². The molecule has 178 valence electrons. The number of para-hydroxylation sites is 1. The Kier molecular flexibility index (Phi) is 10.4. The second-order valence-electron chi connectivity index (χ2n) is 7.80. The van der Waals surface area contributed by atoms with E-state index in [2.05, 4.69) is 47.6 Å². The maximum absolute atomic E-state index is 10.4. The number of β-amino-alcohol motifs (C(OH)–C–C–N with tert-alkyl or cyclic N) is 1. The number of nitrogens with zero attached hydrogens (tertiary/aromatic N) is 2. The molecule has 1 aliphatic rings. The monoisotopic (exact) mass is 456 g/mol. The molecule has 0 saturated carbocycles. The molecule has 3 rings (SSSR count). The molecule has 0 spiro atoms. The summed E-state index contributed by atoms with van der Waals surface area (Å²) in [6.45, 7) is 10.7. The third-order valence-corrected chi connectivity index (χ3v) is 5.19. The quantitative estimate of drug-likeness (QED) is 0.410. The van der Waals surface area contributed by atoms with Crippen LogP contribution in [0.5, 0.6) is 5.75 Å². The summed E-state index contributed by atoms with van der Waals surface area (Å²) < 4.78 is 5.86. The number of aryl methyl sites for hydroxylation is 1. The molecule has 1 saturated heterocycles. The van der Waals surface area contributed by atoms with E-state index in [-0.39, 0.29) is 0 Å². The molecule has 2 aromatic rings. The molecule has 2 aromatic carbocycles. The Labute approximate surface area is 194 Å². The van der Waals surface area contributed by atoms with E-state index in [0.29, 0.717) is 13.2 Å². The number of anilines is 1. The Morgan fingerprint density at radius 2 is 1.64 bits per heavy atom. The number of carbonyl (C=O) groups is 2. The van der Waals surface area contributed by atoms with Gasteiger partial charge in [0.05, 0.1) is 0 Å². The maximum Gasteiger partial charge on any atom is 0.414 e. The van der Waals surface area contributed by atoms with Crippen molar-refractivity contribution in [3.05, 3.63) is 72.3 Å². The summed E-state index contributed by atoms with van der Waals surface area (Å²) >= 11 is 0. The number of piperazine rings is 1. The van der Waals surface area contributed by atoms with E-state index in [0.717, 1.165) is 43.9 Å². The Bertz CT molecular complexity index is 895. The molecule has 1 atom stereocenters. The minimum absolute atomic E-state index is 0.312. The number of hydrogen-bond acceptors (Lipinski definition) is 6. The first-order chi connectivity index (χ1) is 15.8. The van der Waals surface area contributed by atoms with E-state index < -0.39 is 18.0 Å². The highest BCUT2D eigenvalue weighted by molar-refractivity contribution is 6.27. The number of aliphatic hydroxyl groups excluding tert-OH is 1. The molecule has 0 bridgehead atoms. The number of carboxylic acid groups (broad SMARTS) is 2. The van der Waals surface area contributed by atoms with E-state index in [1.165, 1.54) is 11.3 Å². The van der Waals surface area contributed by atoms with Crippen molar-refractivity contribution < 1.29 is 29.6 Å². The lowest BCUT2D eigenvalue weighted by molar-refractivity contribution is -0.159. The molecule has 8 heteroatoms. The molecule has 0 aromatic heterocycles. The van der Waals surface area contributed by atoms with Crippen molar-refractivity contribution in [3.8, 4) is 5.75 Å². The third-order valence-electron chi connectivity index (χ3n) is 5.19. The summed E-state index contributed by atoms with van der Waals surface area (Å²) in [5.74, 6) is -2.81. The van der Waals surface area contributed by atoms with Gasteiger partial charge in [-0.05, 0) is 37.1 Å². The third kappa shape index (κ3) is 8.96. The fourth-order valence-electron chi connectivity index (χ4n) is 3.45. The lowest BCUT2D eigenvalue weighted by Crippen LogP contribution is -2.49. The fourth-order valence-corrected chi connectivity index (χ4v) is 3.45. The number of hydrogen-bond donors (Lipinski definition) is 3. The van der Waals surface area contributed by atoms with Gasteiger partial charge in [0.1, 0.15) is 18.5 Å². The predicted octanol–water partition coefficient (Wildman–Crippen LogP) is 2.44. The first kappa shape index (κ1) is 25.9. The minimum Gasteiger partial charge on any atom is -0.491 e. The van der Waals surface area contributed by atoms with Gasteiger partial charge in [-0.3, -0.25) is 4.90 Å². The number of allylic oxidation sites excluding steroid dienone is 1. The van der Waals surface area contributed by atoms with Crippen LogP contribution in [0, 0.1) is 6.92 Å². The van der Waals surface area contributed by atoms with Crippen LogP contribution < -0.4 is 9.64 Å². The highest BCUT2D eigenvalue weighted by Gasteiger charge is 2.20. The van der Waals surface area contributed by atoms with Gasteiger partial charge >= 0.3 is 11.9 Å². The van der Waals surface area contributed by atoms with Gasteiger partial charge in [-0.15, -0.1) is 6.58 Å². The Balaban J connectivity index is 0.000000569. The Morgan fingerprint density at radius 1 is 1.03 bits per heavy atom. The predicted molar refractivity (Wildman–Crippen MR) is 127 cm³/mol. The number of rotatable bonds is 8. The number of benzene rings is 2. The summed E-state index contributed by atoms with van der Waals surface area (Å²) in [6.07, 6.45) is 2.15. The van der Waals surface area contributed by atoms with Crippen molar-refractivity contribution in [1.29, 1.82) is 0 Å². The smallest absolute Gasteiger partial charge is 0.414 e. The highest BCUT2D eigenvalue weighted by Crippen LogP contribution is 2.20. The van der Waals surface area contributed by atoms with Crippen LogP contribution in [0.1, 0.15) is 11.1 Å². The Hall–Kier alpha value is -3.36. The second-order valence-corrected chi connectivity index (χ2v) is 7.80. The summed E-state index contributed by atoms with van der Waals surface area (Å²) in [5.41, 5.74) is 3.67. The summed E-state index contributed by atoms with van der Waals surface area (Å²) in [4.78, 5) is 22.9. The maximum atomic E-state index is 10.4. The Morgan fingerprint density at radius 3 is 2.21 bits per heavy atom. The minimum atomic E-state index is -1.82. The number of carboxylic acids is 2. The molecular weight excluding hydrogens is 424 g/mol. The zero-order chi connectivity index (χ0) is 24.2. The molecule has 33 heavy (non-hydrogen) atoms. The SMILES string of the molecule is C=CCc1ccccc1OCC(O)CN1CCN(c2ccc(C)cc2)CC1.O=C(O)C(=O)O. The van der Waals surface area contributed by atoms with Crippen molar-refractivity contribution in [1.82, 2.24) is 4.90 Å². The average molecular weight is 457 g/mol. The van der Waals surface area contributed by atoms with Crippen LogP contribution in [0.2, 0.25) is 0 Å². The van der Waals surface area contributed by atoms with Gasteiger partial charge in [-0.25, -0.2) is 9.59 Å². The van der Waals surface area contributed by atoms with Crippen LogP contribution >= 0.6 is 0 Å². The van der Waals surface area contributed by atoms with Crippen LogP contribution in [0.3, 0.4) is 0 Å². The molecule has 1 fully saturated rings. The highest BCUT2D eigenvalue weighted by atomic mass is 16.5. The summed E-state index contributed by atoms with van der Waals surface area (Å²) in [6, 6.07) is 16.6. The molecule has 1 heterocycles. The largest absolute Gasteiger partial charge is 0.491 e. The van der Waals surface area contributed by atoms with Gasteiger partial charge < -0.3 is 25.0 Å². The molecule has 3 N–H and O–H groups in total. The van der Waals surface area contributed by atoms with Gasteiger partial charge in [-0.2, -0.15) is 0 Å². The molecule has 1 unspecified atom stereocenters. The lowest BCUT2D eigenvalue weighted by atomic mass is 10.1. The van der Waals surface area contributed by atoms with Crippen LogP contribution in [-0.2, 0) is 16.0 Å². The zero-order valence-electron chi connectivity index (χ0n) is 18.9. The van der Waals surface area contributed by atoms with Gasteiger partial charge in [-0.1, -0.05) is 42.0 Å². The number of aliphatic hydroxyl groups is 1. The van der Waals surface area contributed by atoms with Gasteiger partial charge in [0, 0.05) is 38.4 Å². The first-order valence-corrected chi connectivity index (χ1v) is 10.8. The molecule has 1 aliphatic heterocycles. The van der Waals surface area contributed by atoms with Crippen LogP contribution in [0.4, 0.5) is 5.69 Å². The number of ether oxygens (including phenoxy) is 1. The topological polar surface area (TPSA) is 111 Å².